The molecule has 0 fully saturated rings. The van der Waals surface area contributed by atoms with Crippen molar-refractivity contribution < 1.29 is 9.47 Å². The van der Waals surface area contributed by atoms with E-state index in [0.29, 0.717) is 26.3 Å². The van der Waals surface area contributed by atoms with Crippen molar-refractivity contribution in [1.82, 2.24) is 9.13 Å². The maximum absolute atomic E-state index is 6.07. The van der Waals surface area contributed by atoms with E-state index in [4.69, 9.17) is 9.47 Å². The number of nitrogens with zero attached hydrogens (tertiary/aromatic N) is 2. The minimum Gasteiger partial charge on any atom is -0.490 e. The zero-order valence-corrected chi connectivity index (χ0v) is 25.9. The molecule has 4 nitrogen and oxygen atoms in total. The topological polar surface area (TPSA) is 28.3 Å². The van der Waals surface area contributed by atoms with Crippen LogP contribution in [0.2, 0.25) is 0 Å². The molecule has 7 rings (SSSR count). The predicted octanol–water partition coefficient (Wildman–Crippen LogP) is 10.7. The number of hydrogen-bond acceptors (Lipinski definition) is 2. The molecule has 0 amide bonds. The van der Waals surface area contributed by atoms with Crippen LogP contribution in [0.3, 0.4) is 0 Å². The van der Waals surface area contributed by atoms with Gasteiger partial charge < -0.3 is 18.6 Å². The number of aromatic nitrogens is 2. The van der Waals surface area contributed by atoms with Crippen molar-refractivity contribution in [3.8, 4) is 33.8 Å². The van der Waals surface area contributed by atoms with Crippen LogP contribution in [-0.2, 0) is 13.1 Å². The van der Waals surface area contributed by atoms with E-state index in [1.54, 1.807) is 12.2 Å². The van der Waals surface area contributed by atoms with E-state index >= 15 is 0 Å². The highest BCUT2D eigenvalue weighted by Crippen LogP contribution is 2.51. The van der Waals surface area contributed by atoms with Gasteiger partial charge in [0.2, 0.25) is 0 Å². The van der Waals surface area contributed by atoms with Gasteiger partial charge in [0.05, 0.1) is 11.0 Å². The van der Waals surface area contributed by atoms with Gasteiger partial charge in [0.25, 0.3) is 0 Å². The average molecular weight is 601 g/mol. The summed E-state index contributed by atoms with van der Waals surface area (Å²) in [5.74, 6) is 1.60. The Hall–Kier alpha value is -5.74. The maximum atomic E-state index is 6.07. The Balaban J connectivity index is 1.77. The molecule has 0 saturated carbocycles. The standard InChI is InChI=1S/C42H36N2O2/c1-5-23-43-35-21-11-9-19-33(35)39-38(30-16-14-18-32(28-30)46-26-8-4)42-40(34-20-10-12-22-36(34)44(42)24-6-2)37(41(39)43)29-15-13-17-31(27-29)45-25-7-3/h5-22,27-28H,1-4,23-26H2. The summed E-state index contributed by atoms with van der Waals surface area (Å²) >= 11 is 0. The van der Waals surface area contributed by atoms with Gasteiger partial charge in [0, 0.05) is 56.8 Å². The highest BCUT2D eigenvalue weighted by Gasteiger charge is 2.27. The van der Waals surface area contributed by atoms with Crippen LogP contribution in [0.15, 0.2) is 148 Å². The number of rotatable bonds is 12. The molecule has 2 heterocycles. The first-order valence-corrected chi connectivity index (χ1v) is 15.6. The second kappa shape index (κ2) is 12.3. The zero-order chi connectivity index (χ0) is 31.6. The van der Waals surface area contributed by atoms with Crippen LogP contribution in [0.25, 0.3) is 65.9 Å². The second-order valence-corrected chi connectivity index (χ2v) is 11.3. The van der Waals surface area contributed by atoms with Gasteiger partial charge in [-0.15, -0.1) is 13.2 Å². The number of para-hydroxylation sites is 2. The molecule has 0 spiro atoms. The third-order valence-electron chi connectivity index (χ3n) is 8.52. The van der Waals surface area contributed by atoms with Crippen molar-refractivity contribution in [2.24, 2.45) is 0 Å². The van der Waals surface area contributed by atoms with Gasteiger partial charge in [-0.1, -0.05) is 98.1 Å². The summed E-state index contributed by atoms with van der Waals surface area (Å²) < 4.78 is 17.0. The number of allylic oxidation sites excluding steroid dienone is 2. The monoisotopic (exact) mass is 600 g/mol. The van der Waals surface area contributed by atoms with Crippen molar-refractivity contribution in [1.29, 1.82) is 0 Å². The fourth-order valence-corrected chi connectivity index (χ4v) is 6.86. The van der Waals surface area contributed by atoms with Gasteiger partial charge in [0.1, 0.15) is 24.7 Å². The van der Waals surface area contributed by atoms with Crippen molar-refractivity contribution >= 4 is 43.6 Å². The average Bonchev–Trinajstić information content (AvgIpc) is 3.59. The first kappa shape index (κ1) is 29.0. The molecule has 0 radical (unpaired) electrons. The Kier molecular flexibility index (Phi) is 7.78. The Labute approximate surface area is 269 Å². The molecular formula is C42H36N2O2. The van der Waals surface area contributed by atoms with Crippen LogP contribution in [0.4, 0.5) is 0 Å². The normalized spacial score (nSPS) is 11.3. The van der Waals surface area contributed by atoms with Crippen molar-refractivity contribution in [3.63, 3.8) is 0 Å². The van der Waals surface area contributed by atoms with Crippen LogP contribution < -0.4 is 9.47 Å². The number of benzene rings is 5. The predicted molar refractivity (Wildman–Crippen MR) is 195 cm³/mol. The minimum atomic E-state index is 0.437. The molecule has 0 unspecified atom stereocenters. The van der Waals surface area contributed by atoms with Crippen LogP contribution >= 0.6 is 0 Å². The summed E-state index contributed by atoms with van der Waals surface area (Å²) in [5, 5.41) is 4.74. The molecule has 7 aromatic rings. The fourth-order valence-electron chi connectivity index (χ4n) is 6.86. The van der Waals surface area contributed by atoms with Gasteiger partial charge in [-0.2, -0.15) is 0 Å². The summed E-state index contributed by atoms with van der Waals surface area (Å²) in [4.78, 5) is 0. The van der Waals surface area contributed by atoms with Crippen molar-refractivity contribution in [2.45, 2.75) is 13.1 Å². The van der Waals surface area contributed by atoms with Crippen LogP contribution in [0.1, 0.15) is 0 Å². The minimum absolute atomic E-state index is 0.437. The summed E-state index contributed by atoms with van der Waals surface area (Å²) in [7, 11) is 0. The highest BCUT2D eigenvalue weighted by molar-refractivity contribution is 6.32. The van der Waals surface area contributed by atoms with Gasteiger partial charge in [-0.25, -0.2) is 0 Å². The molecule has 0 bridgehead atoms. The third-order valence-corrected chi connectivity index (χ3v) is 8.52. The third kappa shape index (κ3) is 4.70. The Morgan fingerprint density at radius 3 is 1.35 bits per heavy atom. The lowest BCUT2D eigenvalue weighted by Gasteiger charge is -2.18. The molecule has 4 heteroatoms. The largest absolute Gasteiger partial charge is 0.490 e. The van der Waals surface area contributed by atoms with E-state index in [1.165, 1.54) is 21.5 Å². The lowest BCUT2D eigenvalue weighted by atomic mass is 9.89. The Bertz CT molecular complexity index is 2140. The van der Waals surface area contributed by atoms with E-state index < -0.39 is 0 Å². The SMILES string of the molecule is C=CCOc1cccc(-c2c3c4ccccc4n(CC=C)c3c(-c3cccc(OCC=C)c3)c3c4ccccc4n(CC=C)c23)c1. The number of ether oxygens (including phenoxy) is 2. The summed E-state index contributed by atoms with van der Waals surface area (Å²) in [6, 6.07) is 34.2. The molecule has 0 aliphatic heterocycles. The van der Waals surface area contributed by atoms with E-state index in [9.17, 15) is 0 Å². The smallest absolute Gasteiger partial charge is 0.120 e. The summed E-state index contributed by atoms with van der Waals surface area (Å²) in [6.45, 7) is 18.2. The molecule has 0 aliphatic carbocycles. The van der Waals surface area contributed by atoms with Crippen LogP contribution in [-0.4, -0.2) is 22.3 Å². The van der Waals surface area contributed by atoms with E-state index in [-0.39, 0.29) is 0 Å². The van der Waals surface area contributed by atoms with Crippen LogP contribution in [0, 0.1) is 0 Å². The maximum Gasteiger partial charge on any atom is 0.120 e. The zero-order valence-electron chi connectivity index (χ0n) is 25.9. The Morgan fingerprint density at radius 1 is 0.500 bits per heavy atom. The van der Waals surface area contributed by atoms with Gasteiger partial charge in [-0.05, 0) is 47.5 Å². The lowest BCUT2D eigenvalue weighted by molar-refractivity contribution is 0.363. The highest BCUT2D eigenvalue weighted by atomic mass is 16.5. The number of hydrogen-bond donors (Lipinski definition) is 0. The molecule has 0 aliphatic rings. The molecule has 0 atom stereocenters. The Morgan fingerprint density at radius 2 is 0.935 bits per heavy atom. The van der Waals surface area contributed by atoms with Crippen LogP contribution in [0.5, 0.6) is 11.5 Å². The first-order chi connectivity index (χ1) is 22.7. The molecule has 226 valence electrons. The van der Waals surface area contributed by atoms with Gasteiger partial charge in [0.15, 0.2) is 0 Å². The second-order valence-electron chi connectivity index (χ2n) is 11.3. The molecule has 0 saturated heterocycles. The lowest BCUT2D eigenvalue weighted by Crippen LogP contribution is -2.01. The first-order valence-electron chi connectivity index (χ1n) is 15.6. The molecule has 2 aromatic heterocycles. The van der Waals surface area contributed by atoms with E-state index in [2.05, 4.69) is 120 Å². The van der Waals surface area contributed by atoms with E-state index in [0.717, 1.165) is 55.8 Å². The summed E-state index contributed by atoms with van der Waals surface area (Å²) in [6.07, 6.45) is 7.51. The van der Waals surface area contributed by atoms with Gasteiger partial charge >= 0.3 is 0 Å². The molecule has 5 aromatic carbocycles. The van der Waals surface area contributed by atoms with Gasteiger partial charge in [-0.3, -0.25) is 0 Å². The molecule has 0 N–H and O–H groups in total. The quantitative estimate of drug-likeness (QED) is 0.131. The molecule has 46 heavy (non-hydrogen) atoms. The molecular weight excluding hydrogens is 564 g/mol. The number of fused-ring (bicyclic) bond motifs is 6. The fraction of sp³-hybridized carbons (Fsp3) is 0.0952. The summed E-state index contributed by atoms with van der Waals surface area (Å²) in [5.41, 5.74) is 9.12. The van der Waals surface area contributed by atoms with E-state index in [1.807, 2.05) is 24.3 Å². The van der Waals surface area contributed by atoms with Crippen molar-refractivity contribution in [2.75, 3.05) is 13.2 Å². The van der Waals surface area contributed by atoms with Crippen molar-refractivity contribution in [3.05, 3.63) is 148 Å².